The molecule has 0 unspecified atom stereocenters. The van der Waals surface area contributed by atoms with Crippen molar-refractivity contribution in [1.82, 2.24) is 4.98 Å². The Morgan fingerprint density at radius 3 is 2.72 bits per heavy atom. The fourth-order valence-electron chi connectivity index (χ4n) is 3.86. The van der Waals surface area contributed by atoms with Crippen molar-refractivity contribution in [3.05, 3.63) is 60.0 Å². The highest BCUT2D eigenvalue weighted by atomic mass is 32.2. The lowest BCUT2D eigenvalue weighted by Gasteiger charge is -2.29. The molecule has 32 heavy (non-hydrogen) atoms. The molecule has 0 bridgehead atoms. The number of rotatable bonds is 5. The maximum Gasteiger partial charge on any atom is 0.344 e. The van der Waals surface area contributed by atoms with Crippen LogP contribution in [0.1, 0.15) is 19.8 Å². The van der Waals surface area contributed by atoms with Crippen LogP contribution in [-0.4, -0.2) is 33.7 Å². The summed E-state index contributed by atoms with van der Waals surface area (Å²) in [5, 5.41) is 5.00. The van der Waals surface area contributed by atoms with Crippen LogP contribution >= 0.6 is 23.1 Å². The van der Waals surface area contributed by atoms with E-state index in [-0.39, 0.29) is 12.3 Å². The second-order valence-electron chi connectivity index (χ2n) is 7.52. The number of benzene rings is 2. The number of fused-ring (bicyclic) bond motifs is 3. The van der Waals surface area contributed by atoms with Crippen molar-refractivity contribution in [2.45, 2.75) is 35.6 Å². The lowest BCUT2D eigenvalue weighted by Crippen LogP contribution is -2.49. The standard InChI is InChI=1S/C23H19N3O4S2/c1-14(20(28)25-22-24-16(13-31-22)15-7-3-2-4-8-15)30-21(29)23-12-11-19(27)26(23)17-9-5-6-10-18(17)32-23/h2-10,13-14H,11-12H2,1H3,(H,24,25,28)/t14-,23-/m1/s1. The van der Waals surface area contributed by atoms with Gasteiger partial charge in [-0.2, -0.15) is 0 Å². The van der Waals surface area contributed by atoms with E-state index in [0.717, 1.165) is 16.2 Å². The van der Waals surface area contributed by atoms with Gasteiger partial charge in [0, 0.05) is 28.7 Å². The zero-order chi connectivity index (χ0) is 22.3. The zero-order valence-corrected chi connectivity index (χ0v) is 18.7. The number of carbonyl (C=O) groups excluding carboxylic acids is 3. The maximum absolute atomic E-state index is 13.2. The molecule has 0 radical (unpaired) electrons. The number of nitrogens with zero attached hydrogens (tertiary/aromatic N) is 2. The number of aromatic nitrogens is 1. The summed E-state index contributed by atoms with van der Waals surface area (Å²) in [5.74, 6) is -1.18. The Morgan fingerprint density at radius 1 is 1.16 bits per heavy atom. The minimum atomic E-state index is -1.16. The fourth-order valence-corrected chi connectivity index (χ4v) is 5.98. The first kappa shape index (κ1) is 20.7. The molecule has 2 aromatic carbocycles. The molecule has 2 aliphatic rings. The number of hydrogen-bond donors (Lipinski definition) is 1. The summed E-state index contributed by atoms with van der Waals surface area (Å²) >= 11 is 2.61. The van der Waals surface area contributed by atoms with E-state index in [9.17, 15) is 14.4 Å². The molecular formula is C23H19N3O4S2. The predicted octanol–water partition coefficient (Wildman–Crippen LogP) is 4.31. The molecule has 3 aromatic rings. The molecule has 0 aliphatic carbocycles. The van der Waals surface area contributed by atoms with Gasteiger partial charge in [0.25, 0.3) is 5.91 Å². The van der Waals surface area contributed by atoms with E-state index in [1.165, 1.54) is 34.9 Å². The van der Waals surface area contributed by atoms with Crippen molar-refractivity contribution >= 4 is 51.7 Å². The Labute approximate surface area is 192 Å². The van der Waals surface area contributed by atoms with Crippen molar-refractivity contribution in [3.63, 3.8) is 0 Å². The molecule has 2 atom stereocenters. The summed E-state index contributed by atoms with van der Waals surface area (Å²) in [5.41, 5.74) is 2.42. The molecule has 0 saturated carbocycles. The van der Waals surface area contributed by atoms with Crippen LogP contribution in [0.4, 0.5) is 10.8 Å². The normalized spacial score (nSPS) is 19.9. The van der Waals surface area contributed by atoms with Gasteiger partial charge >= 0.3 is 5.97 Å². The van der Waals surface area contributed by atoms with Crippen molar-refractivity contribution in [2.75, 3.05) is 10.2 Å². The Bertz CT molecular complexity index is 1210. The van der Waals surface area contributed by atoms with E-state index in [0.29, 0.717) is 17.2 Å². The van der Waals surface area contributed by atoms with E-state index in [1.54, 1.807) is 0 Å². The molecule has 162 valence electrons. The molecule has 3 heterocycles. The van der Waals surface area contributed by atoms with Crippen molar-refractivity contribution < 1.29 is 19.1 Å². The molecule has 0 spiro atoms. The minimum Gasteiger partial charge on any atom is -0.450 e. The van der Waals surface area contributed by atoms with Gasteiger partial charge in [0.2, 0.25) is 5.91 Å². The summed E-state index contributed by atoms with van der Waals surface area (Å²) in [4.78, 5) is 44.0. The van der Waals surface area contributed by atoms with Gasteiger partial charge in [-0.1, -0.05) is 54.2 Å². The third-order valence-electron chi connectivity index (χ3n) is 5.45. The molecular weight excluding hydrogens is 446 g/mol. The van der Waals surface area contributed by atoms with Gasteiger partial charge in [-0.25, -0.2) is 9.78 Å². The number of para-hydroxylation sites is 1. The third-order valence-corrected chi connectivity index (χ3v) is 7.66. The minimum absolute atomic E-state index is 0.118. The molecule has 1 N–H and O–H groups in total. The first-order valence-corrected chi connectivity index (χ1v) is 11.8. The SMILES string of the molecule is C[C@@H](OC(=O)[C@]12CCC(=O)N1c1ccccc1S2)C(=O)Nc1nc(-c2ccccc2)cs1. The number of thioether (sulfide) groups is 1. The molecule has 1 fully saturated rings. The van der Waals surface area contributed by atoms with Crippen molar-refractivity contribution in [2.24, 2.45) is 0 Å². The molecule has 1 saturated heterocycles. The predicted molar refractivity (Wildman–Crippen MR) is 123 cm³/mol. The van der Waals surface area contributed by atoms with E-state index in [1.807, 2.05) is 60.0 Å². The first-order valence-electron chi connectivity index (χ1n) is 10.1. The average Bonchev–Trinajstić information content (AvgIpc) is 3.49. The number of anilines is 2. The number of esters is 1. The van der Waals surface area contributed by atoms with Gasteiger partial charge in [0.1, 0.15) is 0 Å². The topological polar surface area (TPSA) is 88.6 Å². The third kappa shape index (κ3) is 3.47. The highest BCUT2D eigenvalue weighted by molar-refractivity contribution is 8.02. The highest BCUT2D eigenvalue weighted by Gasteiger charge is 2.58. The molecule has 1 aromatic heterocycles. The number of amides is 2. The van der Waals surface area contributed by atoms with Crippen LogP contribution in [0.25, 0.3) is 11.3 Å². The van der Waals surface area contributed by atoms with Gasteiger partial charge in [-0.05, 0) is 19.1 Å². The van der Waals surface area contributed by atoms with Gasteiger partial charge < -0.3 is 4.74 Å². The van der Waals surface area contributed by atoms with Crippen LogP contribution in [-0.2, 0) is 19.1 Å². The number of nitrogens with one attached hydrogen (secondary N) is 1. The Kier molecular flexibility index (Phi) is 5.22. The van der Waals surface area contributed by atoms with Crippen LogP contribution in [0.15, 0.2) is 64.9 Å². The van der Waals surface area contributed by atoms with E-state index >= 15 is 0 Å². The summed E-state index contributed by atoms with van der Waals surface area (Å²) in [6.07, 6.45) is -0.438. The zero-order valence-electron chi connectivity index (χ0n) is 17.1. The van der Waals surface area contributed by atoms with Crippen LogP contribution in [0, 0.1) is 0 Å². The Morgan fingerprint density at radius 2 is 1.91 bits per heavy atom. The molecule has 7 nitrogen and oxygen atoms in total. The summed E-state index contributed by atoms with van der Waals surface area (Å²) < 4.78 is 5.56. The van der Waals surface area contributed by atoms with Gasteiger partial charge in [0.05, 0.1) is 11.4 Å². The molecule has 2 amide bonds. The van der Waals surface area contributed by atoms with Crippen LogP contribution in [0.2, 0.25) is 0 Å². The van der Waals surface area contributed by atoms with Crippen LogP contribution in [0.3, 0.4) is 0 Å². The second-order valence-corrected chi connectivity index (χ2v) is 9.70. The Balaban J connectivity index is 1.28. The summed E-state index contributed by atoms with van der Waals surface area (Å²) in [6, 6.07) is 17.0. The second kappa shape index (κ2) is 8.07. The molecule has 9 heteroatoms. The van der Waals surface area contributed by atoms with Crippen LogP contribution < -0.4 is 10.2 Å². The fraction of sp³-hybridized carbons (Fsp3) is 0.217. The monoisotopic (exact) mass is 465 g/mol. The lowest BCUT2D eigenvalue weighted by molar-refractivity contribution is -0.155. The number of ether oxygens (including phenoxy) is 1. The van der Waals surface area contributed by atoms with E-state index in [2.05, 4.69) is 10.3 Å². The lowest BCUT2D eigenvalue weighted by atomic mass is 10.2. The smallest absolute Gasteiger partial charge is 0.344 e. The van der Waals surface area contributed by atoms with Crippen molar-refractivity contribution in [3.8, 4) is 11.3 Å². The van der Waals surface area contributed by atoms with Crippen LogP contribution in [0.5, 0.6) is 0 Å². The average molecular weight is 466 g/mol. The van der Waals surface area contributed by atoms with E-state index < -0.39 is 22.9 Å². The Hall–Kier alpha value is -3.17. The van der Waals surface area contributed by atoms with Gasteiger partial charge in [-0.15, -0.1) is 11.3 Å². The van der Waals surface area contributed by atoms with Crippen molar-refractivity contribution in [1.29, 1.82) is 0 Å². The number of hydrogen-bond acceptors (Lipinski definition) is 7. The number of thiazole rings is 1. The summed E-state index contributed by atoms with van der Waals surface area (Å²) in [6.45, 7) is 1.52. The summed E-state index contributed by atoms with van der Waals surface area (Å²) in [7, 11) is 0. The molecule has 5 rings (SSSR count). The van der Waals surface area contributed by atoms with E-state index in [4.69, 9.17) is 4.74 Å². The highest BCUT2D eigenvalue weighted by Crippen LogP contribution is 2.56. The maximum atomic E-state index is 13.2. The molecule has 2 aliphatic heterocycles. The first-order chi connectivity index (χ1) is 15.5. The van der Waals surface area contributed by atoms with Gasteiger partial charge in [0.15, 0.2) is 16.1 Å². The quantitative estimate of drug-likeness (QED) is 0.565. The number of carbonyl (C=O) groups is 3. The largest absolute Gasteiger partial charge is 0.450 e. The van der Waals surface area contributed by atoms with Gasteiger partial charge in [-0.3, -0.25) is 19.8 Å².